The second kappa shape index (κ2) is 10.5. The van der Waals surface area contributed by atoms with Crippen LogP contribution in [0.25, 0.3) is 0 Å². The molecule has 0 aromatic heterocycles. The van der Waals surface area contributed by atoms with E-state index in [9.17, 15) is 9.59 Å². The Balaban J connectivity index is 1.34. The molecular weight excluding hydrogens is 411 g/mol. The molecule has 3 rings (SSSR count). The van der Waals surface area contributed by atoms with Crippen LogP contribution in [0.1, 0.15) is 24.8 Å². The van der Waals surface area contributed by atoms with Gasteiger partial charge < -0.3 is 15.0 Å². The first kappa shape index (κ1) is 21.5. The maximum Gasteiger partial charge on any atom is 0.260 e. The van der Waals surface area contributed by atoms with E-state index in [0.717, 1.165) is 18.4 Å². The monoisotopic (exact) mass is 434 g/mol. The van der Waals surface area contributed by atoms with E-state index in [0.29, 0.717) is 41.7 Å². The summed E-state index contributed by atoms with van der Waals surface area (Å²) in [6.45, 7) is 1.23. The van der Waals surface area contributed by atoms with Crippen molar-refractivity contribution in [3.05, 3.63) is 64.1 Å². The van der Waals surface area contributed by atoms with E-state index in [1.54, 1.807) is 29.2 Å². The van der Waals surface area contributed by atoms with Gasteiger partial charge in [0.1, 0.15) is 5.75 Å². The van der Waals surface area contributed by atoms with E-state index in [1.807, 2.05) is 24.3 Å². The number of nitrogens with zero attached hydrogens (tertiary/aromatic N) is 1. The highest BCUT2D eigenvalue weighted by Crippen LogP contribution is 2.16. The molecule has 1 N–H and O–H groups in total. The molecule has 1 aliphatic rings. The topological polar surface area (TPSA) is 58.6 Å². The number of carbonyl (C=O) groups is 2. The summed E-state index contributed by atoms with van der Waals surface area (Å²) in [6.07, 6.45) is 2.62. The molecule has 0 atom stereocenters. The lowest BCUT2D eigenvalue weighted by Crippen LogP contribution is -2.47. The molecule has 0 radical (unpaired) electrons. The van der Waals surface area contributed by atoms with Crippen LogP contribution >= 0.6 is 23.2 Å². The van der Waals surface area contributed by atoms with Crippen LogP contribution in [0.2, 0.25) is 10.0 Å². The van der Waals surface area contributed by atoms with Crippen molar-refractivity contribution in [2.75, 3.05) is 19.7 Å². The average molecular weight is 435 g/mol. The molecule has 7 heteroatoms. The Morgan fingerprint density at radius 1 is 0.966 bits per heavy atom. The Morgan fingerprint density at radius 3 is 2.17 bits per heavy atom. The highest BCUT2D eigenvalue weighted by Gasteiger charge is 2.24. The molecule has 1 saturated heterocycles. The minimum atomic E-state index is -0.0486. The molecule has 2 aromatic carbocycles. The molecule has 1 heterocycles. The van der Waals surface area contributed by atoms with E-state index in [-0.39, 0.29) is 24.5 Å². The van der Waals surface area contributed by atoms with Gasteiger partial charge in [0.25, 0.3) is 5.91 Å². The Hall–Kier alpha value is -2.24. The fraction of sp³-hybridized carbons (Fsp3) is 0.364. The smallest absolute Gasteiger partial charge is 0.260 e. The van der Waals surface area contributed by atoms with Crippen LogP contribution in [0.15, 0.2) is 48.5 Å². The second-order valence-electron chi connectivity index (χ2n) is 7.09. The van der Waals surface area contributed by atoms with Crippen LogP contribution in [0, 0.1) is 0 Å². The highest BCUT2D eigenvalue weighted by atomic mass is 35.5. The molecule has 29 heavy (non-hydrogen) atoms. The zero-order valence-corrected chi connectivity index (χ0v) is 17.6. The Bertz CT molecular complexity index is 817. The van der Waals surface area contributed by atoms with Gasteiger partial charge in [0.2, 0.25) is 5.91 Å². The third kappa shape index (κ3) is 6.94. The number of halogens is 2. The summed E-state index contributed by atoms with van der Waals surface area (Å²) in [5, 5.41) is 4.39. The number of piperidine rings is 1. The number of rotatable bonds is 7. The maximum atomic E-state index is 12.3. The van der Waals surface area contributed by atoms with E-state index >= 15 is 0 Å². The highest BCUT2D eigenvalue weighted by molar-refractivity contribution is 6.30. The number of benzene rings is 2. The van der Waals surface area contributed by atoms with Crippen LogP contribution in [0.4, 0.5) is 0 Å². The molecule has 1 fully saturated rings. The molecule has 0 unspecified atom stereocenters. The van der Waals surface area contributed by atoms with Gasteiger partial charge in [0, 0.05) is 35.6 Å². The van der Waals surface area contributed by atoms with Crippen molar-refractivity contribution < 1.29 is 14.3 Å². The van der Waals surface area contributed by atoms with Gasteiger partial charge >= 0.3 is 0 Å². The number of amides is 2. The first-order valence-corrected chi connectivity index (χ1v) is 10.4. The lowest BCUT2D eigenvalue weighted by Gasteiger charge is -2.32. The van der Waals surface area contributed by atoms with Crippen molar-refractivity contribution in [3.8, 4) is 5.75 Å². The minimum Gasteiger partial charge on any atom is -0.484 e. The maximum absolute atomic E-state index is 12.3. The van der Waals surface area contributed by atoms with Crippen LogP contribution < -0.4 is 10.1 Å². The van der Waals surface area contributed by atoms with Crippen LogP contribution in [-0.4, -0.2) is 42.5 Å². The quantitative estimate of drug-likeness (QED) is 0.712. The van der Waals surface area contributed by atoms with Crippen molar-refractivity contribution in [2.24, 2.45) is 0 Å². The van der Waals surface area contributed by atoms with Gasteiger partial charge in [0.15, 0.2) is 6.61 Å². The van der Waals surface area contributed by atoms with Crippen molar-refractivity contribution in [3.63, 3.8) is 0 Å². The van der Waals surface area contributed by atoms with E-state index in [4.69, 9.17) is 27.9 Å². The number of likely N-dealkylation sites (tertiary alicyclic amines) is 1. The summed E-state index contributed by atoms with van der Waals surface area (Å²) in [5.74, 6) is 0.605. The number of aryl methyl sites for hydroxylation is 1. The van der Waals surface area contributed by atoms with E-state index in [1.165, 1.54) is 0 Å². The first-order chi connectivity index (χ1) is 14.0. The van der Waals surface area contributed by atoms with Gasteiger partial charge in [-0.05, 0) is 61.2 Å². The lowest BCUT2D eigenvalue weighted by molar-refractivity contribution is -0.134. The predicted octanol–water partition coefficient (Wildman–Crippen LogP) is 4.11. The molecular formula is C22H24Cl2N2O3. The molecule has 0 aliphatic carbocycles. The summed E-state index contributed by atoms with van der Waals surface area (Å²) in [6, 6.07) is 14.6. The second-order valence-corrected chi connectivity index (χ2v) is 7.96. The van der Waals surface area contributed by atoms with Crippen LogP contribution in [-0.2, 0) is 16.0 Å². The molecule has 5 nitrogen and oxygen atoms in total. The van der Waals surface area contributed by atoms with Gasteiger partial charge in [0.05, 0.1) is 0 Å². The largest absolute Gasteiger partial charge is 0.484 e. The third-order valence-corrected chi connectivity index (χ3v) is 5.45. The van der Waals surface area contributed by atoms with Gasteiger partial charge in [-0.3, -0.25) is 9.59 Å². The Kier molecular flexibility index (Phi) is 7.78. The fourth-order valence-electron chi connectivity index (χ4n) is 3.25. The van der Waals surface area contributed by atoms with Gasteiger partial charge in [-0.25, -0.2) is 0 Å². The molecule has 154 valence electrons. The average Bonchev–Trinajstić information content (AvgIpc) is 2.73. The first-order valence-electron chi connectivity index (χ1n) is 9.69. The SMILES string of the molecule is O=C(CCc1ccc(Cl)cc1)NC1CCN(C(=O)COc2ccc(Cl)cc2)CC1. The fourth-order valence-corrected chi connectivity index (χ4v) is 3.50. The summed E-state index contributed by atoms with van der Waals surface area (Å²) in [4.78, 5) is 26.3. The summed E-state index contributed by atoms with van der Waals surface area (Å²) < 4.78 is 5.52. The molecule has 1 aliphatic heterocycles. The Morgan fingerprint density at radius 2 is 1.55 bits per heavy atom. The number of nitrogens with one attached hydrogen (secondary N) is 1. The van der Waals surface area contributed by atoms with Crippen LogP contribution in [0.5, 0.6) is 5.75 Å². The zero-order valence-electron chi connectivity index (χ0n) is 16.1. The summed E-state index contributed by atoms with van der Waals surface area (Å²) >= 11 is 11.7. The van der Waals surface area contributed by atoms with E-state index < -0.39 is 0 Å². The molecule has 0 bridgehead atoms. The van der Waals surface area contributed by atoms with E-state index in [2.05, 4.69) is 5.32 Å². The van der Waals surface area contributed by atoms with Crippen molar-refractivity contribution in [1.82, 2.24) is 10.2 Å². The minimum absolute atomic E-state index is 0.000248. The number of ether oxygens (including phenoxy) is 1. The zero-order chi connectivity index (χ0) is 20.6. The van der Waals surface area contributed by atoms with Crippen molar-refractivity contribution in [2.45, 2.75) is 31.7 Å². The molecule has 2 aromatic rings. The van der Waals surface area contributed by atoms with Crippen LogP contribution in [0.3, 0.4) is 0 Å². The number of carbonyl (C=O) groups excluding carboxylic acids is 2. The standard InChI is InChI=1S/C22H24Cl2N2O3/c23-17-4-1-16(2-5-17)3-10-21(27)25-19-11-13-26(14-12-19)22(28)15-29-20-8-6-18(24)7-9-20/h1-2,4-9,19H,3,10-15H2,(H,25,27). The number of hydrogen-bond acceptors (Lipinski definition) is 3. The predicted molar refractivity (Wildman–Crippen MR) is 114 cm³/mol. The molecule has 2 amide bonds. The van der Waals surface area contributed by atoms with Gasteiger partial charge in [-0.15, -0.1) is 0 Å². The van der Waals surface area contributed by atoms with Gasteiger partial charge in [-0.2, -0.15) is 0 Å². The Labute approximate surface area is 180 Å². The molecule has 0 saturated carbocycles. The molecule has 0 spiro atoms. The number of hydrogen-bond donors (Lipinski definition) is 1. The summed E-state index contributed by atoms with van der Waals surface area (Å²) in [7, 11) is 0. The van der Waals surface area contributed by atoms with Gasteiger partial charge in [-0.1, -0.05) is 35.3 Å². The third-order valence-electron chi connectivity index (χ3n) is 4.94. The lowest BCUT2D eigenvalue weighted by atomic mass is 10.0. The van der Waals surface area contributed by atoms with Crippen molar-refractivity contribution >= 4 is 35.0 Å². The summed E-state index contributed by atoms with van der Waals surface area (Å²) in [5.41, 5.74) is 1.09. The van der Waals surface area contributed by atoms with Crippen molar-refractivity contribution in [1.29, 1.82) is 0 Å². The normalized spacial score (nSPS) is 14.5.